The molecule has 1 aromatic heterocycles. The van der Waals surface area contributed by atoms with Crippen molar-refractivity contribution in [1.29, 1.82) is 0 Å². The largest absolute Gasteiger partial charge is 0.481 e. The number of carbonyl (C=O) groups is 1. The Balaban J connectivity index is 2.21. The molecule has 1 fully saturated rings. The molecule has 1 aliphatic heterocycles. The molecule has 5 heteroatoms. The zero-order valence-electron chi connectivity index (χ0n) is 11.8. The van der Waals surface area contributed by atoms with Gasteiger partial charge >= 0.3 is 5.97 Å². The smallest absolute Gasteiger partial charge is 0.304 e. The van der Waals surface area contributed by atoms with Gasteiger partial charge in [-0.1, -0.05) is 6.92 Å². The predicted octanol–water partition coefficient (Wildman–Crippen LogP) is 1.78. The molecule has 2 unspecified atom stereocenters. The maximum atomic E-state index is 10.8. The summed E-state index contributed by atoms with van der Waals surface area (Å²) in [5, 5.41) is 8.87. The third-order valence-electron chi connectivity index (χ3n) is 3.62. The summed E-state index contributed by atoms with van der Waals surface area (Å²) in [7, 11) is 2.11. The molecule has 1 saturated heterocycles. The van der Waals surface area contributed by atoms with Crippen LogP contribution in [0.15, 0.2) is 6.07 Å². The number of hydrogen-bond donors (Lipinski definition) is 1. The van der Waals surface area contributed by atoms with E-state index in [0.717, 1.165) is 30.9 Å². The highest BCUT2D eigenvalue weighted by molar-refractivity contribution is 5.67. The molecule has 104 valence electrons. The number of likely N-dealkylation sites (N-methyl/N-ethyl adjacent to an activating group) is 1. The van der Waals surface area contributed by atoms with Crippen molar-refractivity contribution in [3.8, 4) is 0 Å². The lowest BCUT2D eigenvalue weighted by Crippen LogP contribution is -2.15. The second-order valence-corrected chi connectivity index (χ2v) is 5.54. The SMILES string of the molecule is Cc1cc(C2CCN(C)C2)nc(C(C)CC(=O)O)n1. The fraction of sp³-hybridized carbons (Fsp3) is 0.643. The number of aromatic nitrogens is 2. The van der Waals surface area contributed by atoms with Crippen LogP contribution in [-0.4, -0.2) is 46.1 Å². The Kier molecular flexibility index (Phi) is 4.14. The summed E-state index contributed by atoms with van der Waals surface area (Å²) in [6.07, 6.45) is 1.19. The van der Waals surface area contributed by atoms with Crippen LogP contribution in [0.2, 0.25) is 0 Å². The van der Waals surface area contributed by atoms with Gasteiger partial charge < -0.3 is 10.0 Å². The molecule has 2 rings (SSSR count). The van der Waals surface area contributed by atoms with Gasteiger partial charge in [-0.15, -0.1) is 0 Å². The Morgan fingerprint density at radius 3 is 2.89 bits per heavy atom. The second kappa shape index (κ2) is 5.65. The number of nitrogens with zero attached hydrogens (tertiary/aromatic N) is 3. The minimum Gasteiger partial charge on any atom is -0.481 e. The maximum absolute atomic E-state index is 10.8. The molecule has 1 aliphatic rings. The van der Waals surface area contributed by atoms with Crippen molar-refractivity contribution in [2.24, 2.45) is 0 Å². The van der Waals surface area contributed by atoms with E-state index in [4.69, 9.17) is 5.11 Å². The lowest BCUT2D eigenvalue weighted by Gasteiger charge is -2.14. The van der Waals surface area contributed by atoms with Crippen molar-refractivity contribution in [3.63, 3.8) is 0 Å². The lowest BCUT2D eigenvalue weighted by atomic mass is 10.0. The molecule has 2 heterocycles. The highest BCUT2D eigenvalue weighted by Crippen LogP contribution is 2.26. The van der Waals surface area contributed by atoms with E-state index in [0.29, 0.717) is 11.7 Å². The second-order valence-electron chi connectivity index (χ2n) is 5.54. The van der Waals surface area contributed by atoms with Gasteiger partial charge in [0.05, 0.1) is 6.42 Å². The molecular formula is C14H21N3O2. The van der Waals surface area contributed by atoms with E-state index in [9.17, 15) is 4.79 Å². The summed E-state index contributed by atoms with van der Waals surface area (Å²) in [4.78, 5) is 22.1. The quantitative estimate of drug-likeness (QED) is 0.897. The highest BCUT2D eigenvalue weighted by Gasteiger charge is 2.24. The molecule has 1 aromatic rings. The van der Waals surface area contributed by atoms with Gasteiger partial charge in [0.1, 0.15) is 5.82 Å². The van der Waals surface area contributed by atoms with E-state index in [1.165, 1.54) is 0 Å². The summed E-state index contributed by atoms with van der Waals surface area (Å²) < 4.78 is 0. The predicted molar refractivity (Wildman–Crippen MR) is 72.3 cm³/mol. The van der Waals surface area contributed by atoms with E-state index in [1.54, 1.807) is 0 Å². The van der Waals surface area contributed by atoms with Gasteiger partial charge in [0, 0.05) is 29.8 Å². The van der Waals surface area contributed by atoms with Crippen LogP contribution in [0.3, 0.4) is 0 Å². The molecule has 0 aliphatic carbocycles. The van der Waals surface area contributed by atoms with Crippen LogP contribution >= 0.6 is 0 Å². The number of likely N-dealkylation sites (tertiary alicyclic amines) is 1. The van der Waals surface area contributed by atoms with Crippen molar-refractivity contribution in [1.82, 2.24) is 14.9 Å². The van der Waals surface area contributed by atoms with Crippen LogP contribution in [-0.2, 0) is 4.79 Å². The Bertz CT molecular complexity index is 476. The molecule has 0 aromatic carbocycles. The molecular weight excluding hydrogens is 242 g/mol. The molecule has 1 N–H and O–H groups in total. The zero-order valence-corrected chi connectivity index (χ0v) is 11.8. The average Bonchev–Trinajstić information content (AvgIpc) is 2.74. The molecule has 0 amide bonds. The Morgan fingerprint density at radius 1 is 1.58 bits per heavy atom. The van der Waals surface area contributed by atoms with Gasteiger partial charge in [-0.25, -0.2) is 9.97 Å². The fourth-order valence-corrected chi connectivity index (χ4v) is 2.58. The third kappa shape index (κ3) is 3.50. The van der Waals surface area contributed by atoms with Crippen molar-refractivity contribution in [2.75, 3.05) is 20.1 Å². The van der Waals surface area contributed by atoms with E-state index in [-0.39, 0.29) is 12.3 Å². The standard InChI is InChI=1S/C14H21N3O2/c1-9(6-13(18)19)14-15-10(2)7-12(16-14)11-4-5-17(3)8-11/h7,9,11H,4-6,8H2,1-3H3,(H,18,19). The Hall–Kier alpha value is -1.49. The molecule has 0 saturated carbocycles. The number of carboxylic acid groups (broad SMARTS) is 1. The van der Waals surface area contributed by atoms with Gasteiger partial charge in [-0.3, -0.25) is 4.79 Å². The third-order valence-corrected chi connectivity index (χ3v) is 3.62. The molecule has 0 spiro atoms. The van der Waals surface area contributed by atoms with Crippen molar-refractivity contribution in [2.45, 2.75) is 38.5 Å². The number of aryl methyl sites for hydroxylation is 1. The number of carboxylic acids is 1. The first kappa shape index (κ1) is 13.9. The first-order valence-corrected chi connectivity index (χ1v) is 6.71. The number of aliphatic carboxylic acids is 1. The van der Waals surface area contributed by atoms with Crippen LogP contribution in [0.1, 0.15) is 48.8 Å². The van der Waals surface area contributed by atoms with Gasteiger partial charge in [-0.05, 0) is 33.0 Å². The molecule has 19 heavy (non-hydrogen) atoms. The Labute approximate surface area is 113 Å². The minimum atomic E-state index is -0.806. The summed E-state index contributed by atoms with van der Waals surface area (Å²) >= 11 is 0. The summed E-state index contributed by atoms with van der Waals surface area (Å²) in [5.41, 5.74) is 1.98. The number of rotatable bonds is 4. The van der Waals surface area contributed by atoms with Crippen LogP contribution < -0.4 is 0 Å². The monoisotopic (exact) mass is 263 g/mol. The maximum Gasteiger partial charge on any atom is 0.304 e. The molecule has 0 radical (unpaired) electrons. The van der Waals surface area contributed by atoms with E-state index >= 15 is 0 Å². The van der Waals surface area contributed by atoms with Crippen LogP contribution in [0.5, 0.6) is 0 Å². The fourth-order valence-electron chi connectivity index (χ4n) is 2.58. The van der Waals surface area contributed by atoms with Crippen molar-refractivity contribution < 1.29 is 9.90 Å². The van der Waals surface area contributed by atoms with Gasteiger partial charge in [0.2, 0.25) is 0 Å². The van der Waals surface area contributed by atoms with Crippen LogP contribution in [0, 0.1) is 6.92 Å². The lowest BCUT2D eigenvalue weighted by molar-refractivity contribution is -0.137. The van der Waals surface area contributed by atoms with Crippen molar-refractivity contribution >= 4 is 5.97 Å². The first-order chi connectivity index (χ1) is 8.95. The summed E-state index contributed by atoms with van der Waals surface area (Å²) in [6, 6.07) is 2.03. The van der Waals surface area contributed by atoms with Gasteiger partial charge in [-0.2, -0.15) is 0 Å². The van der Waals surface area contributed by atoms with Gasteiger partial charge in [0.15, 0.2) is 0 Å². The highest BCUT2D eigenvalue weighted by atomic mass is 16.4. The Morgan fingerprint density at radius 2 is 2.32 bits per heavy atom. The van der Waals surface area contributed by atoms with Gasteiger partial charge in [0.25, 0.3) is 0 Å². The topological polar surface area (TPSA) is 66.3 Å². The van der Waals surface area contributed by atoms with Crippen molar-refractivity contribution in [3.05, 3.63) is 23.3 Å². The minimum absolute atomic E-state index is 0.0768. The first-order valence-electron chi connectivity index (χ1n) is 6.71. The zero-order chi connectivity index (χ0) is 14.0. The summed E-state index contributed by atoms with van der Waals surface area (Å²) in [6.45, 7) is 5.92. The van der Waals surface area contributed by atoms with E-state index < -0.39 is 5.97 Å². The molecule has 2 atom stereocenters. The molecule has 0 bridgehead atoms. The van der Waals surface area contributed by atoms with E-state index in [1.807, 2.05) is 19.9 Å². The number of hydrogen-bond acceptors (Lipinski definition) is 4. The summed E-state index contributed by atoms with van der Waals surface area (Å²) in [5.74, 6) is 0.157. The van der Waals surface area contributed by atoms with Crippen LogP contribution in [0.4, 0.5) is 0 Å². The normalized spacial score (nSPS) is 21.5. The van der Waals surface area contributed by atoms with Crippen LogP contribution in [0.25, 0.3) is 0 Å². The van der Waals surface area contributed by atoms with E-state index in [2.05, 4.69) is 21.9 Å². The average molecular weight is 263 g/mol. The molecule has 5 nitrogen and oxygen atoms in total.